The Morgan fingerprint density at radius 1 is 0.574 bits per heavy atom. The summed E-state index contributed by atoms with van der Waals surface area (Å²) in [5.74, 6) is 0. The number of aliphatic imine (C=N–C) groups is 1. The van der Waals surface area contributed by atoms with E-state index >= 15 is 0 Å². The monoisotopic (exact) mass is 712 g/mol. The van der Waals surface area contributed by atoms with Crippen LogP contribution in [0.2, 0.25) is 0 Å². The summed E-state index contributed by atoms with van der Waals surface area (Å²) in [6, 6.07) is 61.3. The average Bonchev–Trinajstić information content (AvgIpc) is 3.80. The highest BCUT2D eigenvalue weighted by molar-refractivity contribution is 7.26. The van der Waals surface area contributed by atoms with Crippen molar-refractivity contribution in [2.75, 3.05) is 0 Å². The minimum atomic E-state index is -0.561. The summed E-state index contributed by atoms with van der Waals surface area (Å²) in [7, 11) is 0. The van der Waals surface area contributed by atoms with Crippen molar-refractivity contribution in [3.05, 3.63) is 193 Å². The van der Waals surface area contributed by atoms with Crippen molar-refractivity contribution >= 4 is 70.4 Å². The average molecular weight is 713 g/mol. The molecule has 0 radical (unpaired) electrons. The van der Waals surface area contributed by atoms with Crippen LogP contribution in [0.5, 0.6) is 0 Å². The van der Waals surface area contributed by atoms with Gasteiger partial charge in [-0.2, -0.15) is 0 Å². The highest BCUT2D eigenvalue weighted by Crippen LogP contribution is 2.44. The Morgan fingerprint density at radius 2 is 1.24 bits per heavy atom. The number of nitrogens with one attached hydrogen (secondary N) is 1. The third-order valence-corrected chi connectivity index (χ3v) is 11.6. The molecule has 5 heteroatoms. The summed E-state index contributed by atoms with van der Waals surface area (Å²) in [5.41, 5.74) is 18.9. The molecular weight excluding hydrogens is 679 g/mol. The fourth-order valence-corrected chi connectivity index (χ4v) is 9.15. The van der Waals surface area contributed by atoms with Crippen LogP contribution < -0.4 is 0 Å². The largest absolute Gasteiger partial charge is 0.456 e. The predicted octanol–water partition coefficient (Wildman–Crippen LogP) is 13.8. The van der Waals surface area contributed by atoms with Crippen molar-refractivity contribution in [1.82, 2.24) is 0 Å². The summed E-state index contributed by atoms with van der Waals surface area (Å²) in [4.78, 5) is 5.22. The Morgan fingerprint density at radius 3 is 2.04 bits per heavy atom. The number of hydrogen-bond acceptors (Lipinski definition) is 4. The van der Waals surface area contributed by atoms with E-state index in [1.165, 1.54) is 36.7 Å². The van der Waals surface area contributed by atoms with Gasteiger partial charge in [-0.1, -0.05) is 156 Å². The van der Waals surface area contributed by atoms with Gasteiger partial charge in [-0.05, 0) is 63.5 Å². The number of fused-ring (bicyclic) bond motifs is 8. The second-order valence-electron chi connectivity index (χ2n) is 13.7. The Hall–Kier alpha value is -6.69. The Balaban J connectivity index is 1.10. The first-order chi connectivity index (χ1) is 26.7. The summed E-state index contributed by atoms with van der Waals surface area (Å²) in [6.07, 6.45) is 1.34. The lowest BCUT2D eigenvalue weighted by Crippen LogP contribution is -2.15. The molecule has 0 saturated heterocycles. The predicted molar refractivity (Wildman–Crippen MR) is 225 cm³/mol. The molecule has 0 spiro atoms. The van der Waals surface area contributed by atoms with Crippen LogP contribution in [0.4, 0.5) is 0 Å². The first kappa shape index (κ1) is 32.0. The van der Waals surface area contributed by atoms with E-state index in [9.17, 15) is 5.53 Å². The van der Waals surface area contributed by atoms with E-state index in [0.29, 0.717) is 6.54 Å². The van der Waals surface area contributed by atoms with Crippen LogP contribution in [0, 0.1) is 5.53 Å². The molecule has 1 unspecified atom stereocenters. The molecule has 1 atom stereocenters. The van der Waals surface area contributed by atoms with E-state index < -0.39 is 6.17 Å². The lowest BCUT2D eigenvalue weighted by Gasteiger charge is -2.12. The first-order valence-corrected chi connectivity index (χ1v) is 19.0. The number of furan rings is 1. The third kappa shape index (κ3) is 5.58. The van der Waals surface area contributed by atoms with E-state index in [1.54, 1.807) is 4.70 Å². The van der Waals surface area contributed by atoms with Gasteiger partial charge in [0.2, 0.25) is 0 Å². The maximum atomic E-state index is 9.48. The first-order valence-electron chi connectivity index (χ1n) is 18.2. The van der Waals surface area contributed by atoms with Crippen molar-refractivity contribution in [2.24, 2.45) is 4.99 Å². The van der Waals surface area contributed by atoms with Gasteiger partial charge in [-0.3, -0.25) is 0 Å². The summed E-state index contributed by atoms with van der Waals surface area (Å²) in [5, 5.41) is 7.00. The quantitative estimate of drug-likeness (QED) is 0.0952. The van der Waals surface area contributed by atoms with Gasteiger partial charge >= 0.3 is 0 Å². The van der Waals surface area contributed by atoms with E-state index in [2.05, 4.69) is 146 Å². The van der Waals surface area contributed by atoms with Crippen LogP contribution >= 0.6 is 11.3 Å². The SMILES string of the molecule is N=[N+](Cc1ccccc1)C(N=Cc1ccc2c(c1)oc1cccc(-c3ccccc3)c12)c1cccc2sc3c4cccc(-c5ccccc5)c4ccc3c12. The van der Waals surface area contributed by atoms with Gasteiger partial charge < -0.3 is 4.42 Å². The molecule has 0 fully saturated rings. The van der Waals surface area contributed by atoms with Crippen LogP contribution in [0.1, 0.15) is 22.9 Å². The Labute approximate surface area is 316 Å². The lowest BCUT2D eigenvalue weighted by atomic mass is 9.96. The molecule has 4 nitrogen and oxygen atoms in total. The smallest absolute Gasteiger partial charge is 0.297 e. The van der Waals surface area contributed by atoms with Gasteiger partial charge in [-0.25, -0.2) is 4.99 Å². The molecule has 0 aliphatic carbocycles. The van der Waals surface area contributed by atoms with Gasteiger partial charge in [0.25, 0.3) is 6.17 Å². The van der Waals surface area contributed by atoms with Crippen LogP contribution in [0.25, 0.3) is 75.1 Å². The molecule has 54 heavy (non-hydrogen) atoms. The van der Waals surface area contributed by atoms with Gasteiger partial charge in [-0.15, -0.1) is 11.3 Å². The molecule has 1 N–H and O–H groups in total. The second-order valence-corrected chi connectivity index (χ2v) is 14.8. The molecule has 8 aromatic carbocycles. The maximum Gasteiger partial charge on any atom is 0.297 e. The molecule has 0 bridgehead atoms. The number of hydrogen-bond donors (Lipinski definition) is 1. The van der Waals surface area contributed by atoms with E-state index in [4.69, 9.17) is 9.41 Å². The Bertz CT molecular complexity index is 3040. The minimum absolute atomic E-state index is 0.426. The van der Waals surface area contributed by atoms with Gasteiger partial charge in [0, 0.05) is 48.1 Å². The van der Waals surface area contributed by atoms with Gasteiger partial charge in [0.1, 0.15) is 11.2 Å². The third-order valence-electron chi connectivity index (χ3n) is 10.4. The van der Waals surface area contributed by atoms with E-state index in [0.717, 1.165) is 55.1 Å². The molecular formula is C49H34N3OS+. The summed E-state index contributed by atoms with van der Waals surface area (Å²) in [6.45, 7) is 0.426. The Kier molecular flexibility index (Phi) is 7.93. The fraction of sp³-hybridized carbons (Fsp3) is 0.0408. The van der Waals surface area contributed by atoms with Crippen molar-refractivity contribution in [2.45, 2.75) is 12.7 Å². The molecule has 2 heterocycles. The molecule has 0 aliphatic rings. The van der Waals surface area contributed by atoms with Crippen molar-refractivity contribution in [3.63, 3.8) is 0 Å². The minimum Gasteiger partial charge on any atom is -0.456 e. The summed E-state index contributed by atoms with van der Waals surface area (Å²) >= 11 is 1.82. The van der Waals surface area contributed by atoms with Gasteiger partial charge in [0.05, 0.1) is 5.56 Å². The zero-order valence-electron chi connectivity index (χ0n) is 29.3. The van der Waals surface area contributed by atoms with Gasteiger partial charge in [0.15, 0.2) is 6.54 Å². The van der Waals surface area contributed by atoms with Crippen LogP contribution in [-0.4, -0.2) is 10.9 Å². The topological polar surface area (TPSA) is 52.4 Å². The molecule has 0 aliphatic heterocycles. The van der Waals surface area contributed by atoms with Crippen molar-refractivity contribution < 1.29 is 9.11 Å². The van der Waals surface area contributed by atoms with Crippen molar-refractivity contribution in [1.29, 1.82) is 5.53 Å². The lowest BCUT2D eigenvalue weighted by molar-refractivity contribution is -0.667. The van der Waals surface area contributed by atoms with Crippen molar-refractivity contribution in [3.8, 4) is 22.3 Å². The molecule has 10 rings (SSSR count). The number of benzene rings is 8. The normalized spacial score (nSPS) is 12.4. The highest BCUT2D eigenvalue weighted by atomic mass is 32.1. The second kappa shape index (κ2) is 13.4. The maximum absolute atomic E-state index is 9.48. The standard InChI is InChI=1S/C49H34N3OS/c50-52(31-32-13-4-1-5-14-32)49(51-30-33-25-26-40-44(29-33)53-43-23-11-20-37(46(40)43)35-17-8-3-9-18-35)42-22-12-24-45-47(42)41-28-27-38-36(34-15-6-2-7-16-34)19-10-21-39(38)48(41)54-45/h1-30,49-50H,31H2/q+1. The molecule has 0 amide bonds. The molecule has 2 aromatic heterocycles. The fourth-order valence-electron chi connectivity index (χ4n) is 7.89. The number of rotatable bonds is 8. The summed E-state index contributed by atoms with van der Waals surface area (Å²) < 4.78 is 10.5. The molecule has 0 saturated carbocycles. The van der Waals surface area contributed by atoms with Crippen LogP contribution in [-0.2, 0) is 6.54 Å². The van der Waals surface area contributed by atoms with E-state index in [1.807, 2.05) is 47.9 Å². The zero-order chi connectivity index (χ0) is 36.0. The number of thiophene rings is 1. The van der Waals surface area contributed by atoms with Crippen LogP contribution in [0.3, 0.4) is 0 Å². The van der Waals surface area contributed by atoms with Crippen LogP contribution in [0.15, 0.2) is 185 Å². The highest BCUT2D eigenvalue weighted by Gasteiger charge is 2.27. The zero-order valence-corrected chi connectivity index (χ0v) is 30.1. The number of nitrogens with zero attached hydrogens (tertiary/aromatic N) is 2. The van der Waals surface area contributed by atoms with E-state index in [-0.39, 0.29) is 0 Å². The molecule has 256 valence electrons. The molecule has 10 aromatic rings.